The highest BCUT2D eigenvalue weighted by atomic mass is 79.9. The van der Waals surface area contributed by atoms with E-state index in [9.17, 15) is 0 Å². The van der Waals surface area contributed by atoms with E-state index < -0.39 is 0 Å². The standard InChI is InChI=1S/C10H6Br2N2OS/c1-15-14-6(5-13)8(11)9(12)10(14)7-3-2-4-16-7/h2-4H,1H3. The van der Waals surface area contributed by atoms with Crippen LogP contribution in [-0.4, -0.2) is 11.8 Å². The van der Waals surface area contributed by atoms with E-state index in [1.807, 2.05) is 17.5 Å². The molecule has 0 bridgehead atoms. The van der Waals surface area contributed by atoms with Gasteiger partial charge in [0.25, 0.3) is 0 Å². The van der Waals surface area contributed by atoms with Crippen LogP contribution in [0.25, 0.3) is 10.6 Å². The van der Waals surface area contributed by atoms with Crippen LogP contribution in [0.2, 0.25) is 0 Å². The quantitative estimate of drug-likeness (QED) is 0.818. The van der Waals surface area contributed by atoms with Gasteiger partial charge in [-0.3, -0.25) is 0 Å². The van der Waals surface area contributed by atoms with Gasteiger partial charge >= 0.3 is 0 Å². The lowest BCUT2D eigenvalue weighted by Gasteiger charge is -2.06. The maximum absolute atomic E-state index is 9.07. The highest BCUT2D eigenvalue weighted by molar-refractivity contribution is 9.13. The van der Waals surface area contributed by atoms with Crippen LogP contribution in [0.5, 0.6) is 0 Å². The zero-order valence-electron chi connectivity index (χ0n) is 8.20. The van der Waals surface area contributed by atoms with Crippen LogP contribution in [0.3, 0.4) is 0 Å². The Morgan fingerprint density at radius 3 is 2.69 bits per heavy atom. The summed E-state index contributed by atoms with van der Waals surface area (Å²) >= 11 is 8.43. The normalized spacial score (nSPS) is 10.1. The summed E-state index contributed by atoms with van der Waals surface area (Å²) in [6, 6.07) is 6.04. The second-order valence-corrected chi connectivity index (χ2v) is 5.42. The molecule has 0 atom stereocenters. The molecule has 0 amide bonds. The number of halogens is 2. The Balaban J connectivity index is 2.76. The van der Waals surface area contributed by atoms with Crippen LogP contribution >= 0.6 is 43.2 Å². The average molecular weight is 362 g/mol. The maximum Gasteiger partial charge on any atom is 0.173 e. The van der Waals surface area contributed by atoms with Gasteiger partial charge in [0.1, 0.15) is 18.9 Å². The monoisotopic (exact) mass is 360 g/mol. The lowest BCUT2D eigenvalue weighted by Crippen LogP contribution is -2.09. The topological polar surface area (TPSA) is 38.0 Å². The van der Waals surface area contributed by atoms with Crippen LogP contribution in [0.4, 0.5) is 0 Å². The number of thiophene rings is 1. The first-order valence-electron chi connectivity index (χ1n) is 4.28. The van der Waals surface area contributed by atoms with Crippen molar-refractivity contribution in [2.45, 2.75) is 0 Å². The first-order valence-corrected chi connectivity index (χ1v) is 6.75. The van der Waals surface area contributed by atoms with Gasteiger partial charge in [0, 0.05) is 0 Å². The maximum atomic E-state index is 9.07. The van der Waals surface area contributed by atoms with Gasteiger partial charge in [-0.05, 0) is 43.3 Å². The second kappa shape index (κ2) is 4.62. The SMILES string of the molecule is COn1c(C#N)c(Br)c(Br)c1-c1cccs1. The third kappa shape index (κ3) is 1.69. The van der Waals surface area contributed by atoms with Crippen molar-refractivity contribution in [1.82, 2.24) is 4.73 Å². The summed E-state index contributed by atoms with van der Waals surface area (Å²) in [5.74, 6) is 0. The highest BCUT2D eigenvalue weighted by Crippen LogP contribution is 2.40. The van der Waals surface area contributed by atoms with Gasteiger partial charge in [0.2, 0.25) is 0 Å². The number of rotatable bonds is 2. The van der Waals surface area contributed by atoms with Crippen LogP contribution in [0, 0.1) is 11.3 Å². The summed E-state index contributed by atoms with van der Waals surface area (Å²) in [7, 11) is 1.54. The van der Waals surface area contributed by atoms with Gasteiger partial charge in [-0.2, -0.15) is 9.99 Å². The van der Waals surface area contributed by atoms with Crippen molar-refractivity contribution in [3.05, 3.63) is 32.2 Å². The molecular formula is C10H6Br2N2OS. The number of hydrogen-bond donors (Lipinski definition) is 0. The summed E-state index contributed by atoms with van der Waals surface area (Å²) in [5.41, 5.74) is 1.29. The summed E-state index contributed by atoms with van der Waals surface area (Å²) in [6.07, 6.45) is 0. The Bertz CT molecular complexity index is 554. The number of nitriles is 1. The molecule has 0 aliphatic rings. The van der Waals surface area contributed by atoms with E-state index in [0.717, 1.165) is 15.0 Å². The fourth-order valence-electron chi connectivity index (χ4n) is 1.40. The number of hydrogen-bond acceptors (Lipinski definition) is 3. The summed E-state index contributed by atoms with van der Waals surface area (Å²) in [6.45, 7) is 0. The van der Waals surface area contributed by atoms with Gasteiger partial charge in [-0.25, -0.2) is 0 Å². The van der Waals surface area contributed by atoms with Crippen molar-refractivity contribution in [1.29, 1.82) is 5.26 Å². The van der Waals surface area contributed by atoms with E-state index in [1.54, 1.807) is 11.3 Å². The lowest BCUT2D eigenvalue weighted by molar-refractivity contribution is 0.169. The fourth-order valence-corrected chi connectivity index (χ4v) is 3.29. The van der Waals surface area contributed by atoms with Crippen molar-refractivity contribution in [2.75, 3.05) is 7.11 Å². The molecule has 0 aliphatic carbocycles. The molecule has 0 saturated carbocycles. The van der Waals surface area contributed by atoms with E-state index >= 15 is 0 Å². The molecule has 0 fully saturated rings. The third-order valence-corrected chi connectivity index (χ3v) is 5.01. The second-order valence-electron chi connectivity index (χ2n) is 2.89. The predicted molar refractivity (Wildman–Crippen MR) is 70.4 cm³/mol. The Morgan fingerprint density at radius 2 is 2.19 bits per heavy atom. The Morgan fingerprint density at radius 1 is 1.44 bits per heavy atom. The molecule has 0 radical (unpaired) electrons. The summed E-state index contributed by atoms with van der Waals surface area (Å²) < 4.78 is 3.05. The van der Waals surface area contributed by atoms with E-state index in [1.165, 1.54) is 11.8 Å². The Labute approximate surface area is 113 Å². The molecule has 16 heavy (non-hydrogen) atoms. The highest BCUT2D eigenvalue weighted by Gasteiger charge is 2.22. The molecule has 0 saturated heterocycles. The smallest absolute Gasteiger partial charge is 0.173 e. The molecule has 0 unspecified atom stereocenters. The summed E-state index contributed by atoms with van der Waals surface area (Å²) in [5, 5.41) is 11.0. The van der Waals surface area contributed by atoms with Crippen LogP contribution < -0.4 is 4.84 Å². The third-order valence-electron chi connectivity index (χ3n) is 2.06. The average Bonchev–Trinajstić information content (AvgIpc) is 2.87. The molecule has 0 aliphatic heterocycles. The molecule has 6 heteroatoms. The van der Waals surface area contributed by atoms with Gasteiger partial charge in [-0.15, -0.1) is 11.3 Å². The Kier molecular flexibility index (Phi) is 3.38. The first kappa shape index (κ1) is 11.7. The first-order chi connectivity index (χ1) is 7.70. The van der Waals surface area contributed by atoms with Crippen LogP contribution in [-0.2, 0) is 0 Å². The zero-order chi connectivity index (χ0) is 11.7. The molecule has 0 aromatic carbocycles. The molecule has 0 N–H and O–H groups in total. The minimum atomic E-state index is 0.442. The van der Waals surface area contributed by atoms with Gasteiger partial charge in [0.05, 0.1) is 13.8 Å². The molecule has 2 rings (SSSR count). The molecule has 3 nitrogen and oxygen atoms in total. The molecular weight excluding hydrogens is 356 g/mol. The van der Waals surface area contributed by atoms with E-state index in [0.29, 0.717) is 10.2 Å². The molecule has 2 aromatic rings. The minimum Gasteiger partial charge on any atom is -0.416 e. The van der Waals surface area contributed by atoms with Gasteiger partial charge in [0.15, 0.2) is 5.69 Å². The van der Waals surface area contributed by atoms with Crippen LogP contribution in [0.15, 0.2) is 26.5 Å². The van der Waals surface area contributed by atoms with Crippen molar-refractivity contribution >= 4 is 43.2 Å². The molecule has 2 aromatic heterocycles. The Hall–Kier alpha value is -0.770. The zero-order valence-corrected chi connectivity index (χ0v) is 12.2. The minimum absolute atomic E-state index is 0.442. The van der Waals surface area contributed by atoms with Gasteiger partial charge in [-0.1, -0.05) is 6.07 Å². The molecule has 2 heterocycles. The number of nitrogens with zero attached hydrogens (tertiary/aromatic N) is 2. The predicted octanol–water partition coefficient (Wildman–Crippen LogP) is 3.67. The summed E-state index contributed by atoms with van der Waals surface area (Å²) in [4.78, 5) is 6.27. The number of aromatic nitrogens is 1. The van der Waals surface area contributed by atoms with E-state index in [2.05, 4.69) is 37.9 Å². The van der Waals surface area contributed by atoms with Crippen molar-refractivity contribution in [3.8, 4) is 16.6 Å². The van der Waals surface area contributed by atoms with E-state index in [4.69, 9.17) is 10.1 Å². The van der Waals surface area contributed by atoms with E-state index in [-0.39, 0.29) is 0 Å². The van der Waals surface area contributed by atoms with Crippen molar-refractivity contribution in [2.24, 2.45) is 0 Å². The molecule has 0 spiro atoms. The van der Waals surface area contributed by atoms with Crippen molar-refractivity contribution in [3.63, 3.8) is 0 Å². The van der Waals surface area contributed by atoms with Crippen LogP contribution in [0.1, 0.15) is 5.69 Å². The van der Waals surface area contributed by atoms with Gasteiger partial charge < -0.3 is 4.84 Å². The largest absolute Gasteiger partial charge is 0.416 e. The van der Waals surface area contributed by atoms with Crippen molar-refractivity contribution < 1.29 is 4.84 Å². The lowest BCUT2D eigenvalue weighted by atomic mass is 10.3. The fraction of sp³-hybridized carbons (Fsp3) is 0.100. The molecule has 82 valence electrons.